The van der Waals surface area contributed by atoms with Crippen LogP contribution in [0.25, 0.3) is 33.4 Å². The van der Waals surface area contributed by atoms with Crippen LogP contribution in [0.5, 0.6) is 0 Å². The Bertz CT molecular complexity index is 1470. The number of nitrogens with zero attached hydrogens (tertiary/aromatic N) is 4. The van der Waals surface area contributed by atoms with Gasteiger partial charge in [-0.1, -0.05) is 29.8 Å². The van der Waals surface area contributed by atoms with Gasteiger partial charge in [0.05, 0.1) is 10.5 Å². The zero-order valence-electron chi connectivity index (χ0n) is 18.6. The number of aromatic nitrogens is 3. The van der Waals surface area contributed by atoms with E-state index < -0.39 is 5.82 Å². The first-order chi connectivity index (χ1) is 16.5. The number of benzene rings is 3. The van der Waals surface area contributed by atoms with Gasteiger partial charge in [-0.2, -0.15) is 0 Å². The molecule has 0 saturated carbocycles. The van der Waals surface area contributed by atoms with Gasteiger partial charge in [-0.3, -0.25) is 4.98 Å². The Labute approximate surface area is 201 Å². The third kappa shape index (κ3) is 4.40. The van der Waals surface area contributed by atoms with Gasteiger partial charge < -0.3 is 10.2 Å². The lowest BCUT2D eigenvalue weighted by Gasteiger charge is -2.14. The fraction of sp³-hybridized carbons (Fsp3) is 0.0741. The van der Waals surface area contributed by atoms with E-state index in [0.29, 0.717) is 17.3 Å². The molecule has 0 spiro atoms. The minimum absolute atomic E-state index is 0.0410. The molecule has 2 heterocycles. The van der Waals surface area contributed by atoms with Crippen LogP contribution < -0.4 is 10.2 Å². The Morgan fingerprint density at radius 1 is 0.853 bits per heavy atom. The van der Waals surface area contributed by atoms with E-state index >= 15 is 0 Å². The van der Waals surface area contributed by atoms with E-state index in [4.69, 9.17) is 21.6 Å². The van der Waals surface area contributed by atoms with Crippen LogP contribution in [-0.4, -0.2) is 29.0 Å². The molecule has 5 aromatic rings. The minimum Gasteiger partial charge on any atom is -0.378 e. The average Bonchev–Trinajstić information content (AvgIpc) is 2.86. The summed E-state index contributed by atoms with van der Waals surface area (Å²) in [5.41, 5.74) is 5.48. The Morgan fingerprint density at radius 3 is 2.35 bits per heavy atom. The molecule has 0 aliphatic heterocycles. The summed E-state index contributed by atoms with van der Waals surface area (Å²) < 4.78 is 13.7. The van der Waals surface area contributed by atoms with Crippen molar-refractivity contribution < 1.29 is 4.39 Å². The fourth-order valence-corrected chi connectivity index (χ4v) is 3.87. The molecule has 168 valence electrons. The molecule has 0 atom stereocenters. The number of nitrogens with one attached hydrogen (secondary N) is 1. The Morgan fingerprint density at radius 2 is 1.65 bits per heavy atom. The summed E-state index contributed by atoms with van der Waals surface area (Å²) in [5.74, 6) is 0.665. The summed E-state index contributed by atoms with van der Waals surface area (Å²) in [6.07, 6.45) is 3.43. The van der Waals surface area contributed by atoms with Gasteiger partial charge in [-0.05, 0) is 65.7 Å². The van der Waals surface area contributed by atoms with E-state index in [1.54, 1.807) is 18.5 Å². The molecule has 5 rings (SSSR count). The second-order valence-electron chi connectivity index (χ2n) is 8.06. The molecule has 0 fully saturated rings. The van der Waals surface area contributed by atoms with Crippen molar-refractivity contribution >= 4 is 39.7 Å². The van der Waals surface area contributed by atoms with Gasteiger partial charge in [-0.25, -0.2) is 14.4 Å². The first kappa shape index (κ1) is 21.8. The van der Waals surface area contributed by atoms with Gasteiger partial charge in [-0.15, -0.1) is 0 Å². The summed E-state index contributed by atoms with van der Waals surface area (Å²) in [7, 11) is 4.04. The maximum atomic E-state index is 13.7. The smallest absolute Gasteiger partial charge is 0.163 e. The Kier molecular flexibility index (Phi) is 5.82. The van der Waals surface area contributed by atoms with Crippen LogP contribution in [0.4, 0.5) is 21.6 Å². The molecule has 2 aromatic heterocycles. The lowest BCUT2D eigenvalue weighted by atomic mass is 10.0. The second kappa shape index (κ2) is 9.08. The largest absolute Gasteiger partial charge is 0.378 e. The van der Waals surface area contributed by atoms with Crippen molar-refractivity contribution in [1.82, 2.24) is 15.0 Å². The fourth-order valence-electron chi connectivity index (χ4n) is 3.69. The molecule has 0 unspecified atom stereocenters. The highest BCUT2D eigenvalue weighted by Gasteiger charge is 2.12. The molecule has 34 heavy (non-hydrogen) atoms. The molecular formula is C27H21ClFN5. The molecule has 0 bridgehead atoms. The van der Waals surface area contributed by atoms with Gasteiger partial charge in [0.15, 0.2) is 5.82 Å². The van der Waals surface area contributed by atoms with E-state index in [2.05, 4.69) is 39.5 Å². The molecular weight excluding hydrogens is 449 g/mol. The van der Waals surface area contributed by atoms with Gasteiger partial charge in [0.25, 0.3) is 0 Å². The van der Waals surface area contributed by atoms with Crippen molar-refractivity contribution in [2.24, 2.45) is 0 Å². The normalized spacial score (nSPS) is 10.9. The van der Waals surface area contributed by atoms with E-state index in [9.17, 15) is 4.39 Å². The maximum absolute atomic E-state index is 13.7. The number of anilines is 3. The van der Waals surface area contributed by atoms with Gasteiger partial charge >= 0.3 is 0 Å². The third-order valence-electron chi connectivity index (χ3n) is 5.52. The molecule has 0 amide bonds. The number of halogens is 2. The first-order valence-electron chi connectivity index (χ1n) is 10.7. The quantitative estimate of drug-likeness (QED) is 0.301. The van der Waals surface area contributed by atoms with Crippen LogP contribution in [0.1, 0.15) is 0 Å². The molecule has 0 aliphatic rings. The highest BCUT2D eigenvalue weighted by molar-refractivity contribution is 6.31. The van der Waals surface area contributed by atoms with Crippen molar-refractivity contribution in [3.05, 3.63) is 96.0 Å². The predicted octanol–water partition coefficient (Wildman–Crippen LogP) is 6.96. The lowest BCUT2D eigenvalue weighted by Crippen LogP contribution is -2.07. The van der Waals surface area contributed by atoms with E-state index in [1.165, 1.54) is 12.1 Å². The Hall–Kier alpha value is -4.03. The van der Waals surface area contributed by atoms with Crippen molar-refractivity contribution in [2.75, 3.05) is 24.3 Å². The number of rotatable bonds is 5. The summed E-state index contributed by atoms with van der Waals surface area (Å²) in [6.45, 7) is 0. The van der Waals surface area contributed by atoms with Crippen LogP contribution in [0.3, 0.4) is 0 Å². The van der Waals surface area contributed by atoms with Crippen molar-refractivity contribution in [3.8, 4) is 22.5 Å². The zero-order valence-corrected chi connectivity index (χ0v) is 19.4. The summed E-state index contributed by atoms with van der Waals surface area (Å²) in [6, 6.07) is 22.7. The molecule has 0 aliphatic carbocycles. The number of pyridine rings is 1. The van der Waals surface area contributed by atoms with Gasteiger partial charge in [0.1, 0.15) is 11.6 Å². The maximum Gasteiger partial charge on any atom is 0.163 e. The first-order valence-corrected chi connectivity index (χ1v) is 11.1. The summed E-state index contributed by atoms with van der Waals surface area (Å²) in [4.78, 5) is 15.8. The lowest BCUT2D eigenvalue weighted by molar-refractivity contribution is 0.628. The van der Waals surface area contributed by atoms with Crippen LogP contribution in [-0.2, 0) is 0 Å². The average molecular weight is 470 g/mol. The molecule has 0 saturated heterocycles. The predicted molar refractivity (Wildman–Crippen MR) is 137 cm³/mol. The van der Waals surface area contributed by atoms with E-state index in [1.807, 2.05) is 44.4 Å². The topological polar surface area (TPSA) is 53.9 Å². The molecule has 3 aromatic carbocycles. The van der Waals surface area contributed by atoms with Crippen molar-refractivity contribution in [3.63, 3.8) is 0 Å². The SMILES string of the molecule is CN(C)c1ccc(-c2ccc3c(Nc4ccc(F)c(Cl)c4)nc(-c4cccnc4)nc3c2)cc1. The number of hydrogen-bond acceptors (Lipinski definition) is 5. The summed E-state index contributed by atoms with van der Waals surface area (Å²) in [5, 5.41) is 4.15. The zero-order chi connectivity index (χ0) is 23.7. The van der Waals surface area contributed by atoms with E-state index in [-0.39, 0.29) is 5.02 Å². The second-order valence-corrected chi connectivity index (χ2v) is 8.47. The third-order valence-corrected chi connectivity index (χ3v) is 5.81. The highest BCUT2D eigenvalue weighted by atomic mass is 35.5. The van der Waals surface area contributed by atoms with Gasteiger partial charge in [0.2, 0.25) is 0 Å². The van der Waals surface area contributed by atoms with Gasteiger partial charge in [0, 0.05) is 48.8 Å². The summed E-state index contributed by atoms with van der Waals surface area (Å²) >= 11 is 5.99. The molecule has 5 nitrogen and oxygen atoms in total. The number of hydrogen-bond donors (Lipinski definition) is 1. The number of fused-ring (bicyclic) bond motifs is 1. The Balaban J connectivity index is 1.63. The van der Waals surface area contributed by atoms with Crippen molar-refractivity contribution in [1.29, 1.82) is 0 Å². The molecule has 0 radical (unpaired) electrons. The highest BCUT2D eigenvalue weighted by Crippen LogP contribution is 2.32. The van der Waals surface area contributed by atoms with Crippen LogP contribution in [0.15, 0.2) is 85.2 Å². The molecule has 7 heteroatoms. The van der Waals surface area contributed by atoms with Crippen LogP contribution in [0.2, 0.25) is 5.02 Å². The van der Waals surface area contributed by atoms with Crippen molar-refractivity contribution in [2.45, 2.75) is 0 Å². The van der Waals surface area contributed by atoms with E-state index in [0.717, 1.165) is 33.3 Å². The van der Waals surface area contributed by atoms with Crippen LogP contribution >= 0.6 is 11.6 Å². The standard InChI is InChI=1S/C27H21ClFN5/c1-34(2)21-9-5-17(6-10-21)18-7-11-22-25(14-18)32-26(19-4-3-13-30-16-19)33-27(22)31-20-8-12-24(29)23(28)15-20/h3-16H,1-2H3,(H,31,32,33). The monoisotopic (exact) mass is 469 g/mol. The minimum atomic E-state index is -0.472. The molecule has 1 N–H and O–H groups in total. The van der Waals surface area contributed by atoms with Crippen LogP contribution in [0, 0.1) is 5.82 Å².